The van der Waals surface area contributed by atoms with E-state index in [0.717, 1.165) is 52.3 Å². The molecule has 1 atom stereocenters. The van der Waals surface area contributed by atoms with Crippen molar-refractivity contribution in [1.29, 1.82) is 0 Å². The Labute approximate surface area is 153 Å². The van der Waals surface area contributed by atoms with Gasteiger partial charge in [0.25, 0.3) is 0 Å². The molecule has 0 saturated carbocycles. The maximum Gasteiger partial charge on any atom is 0.227 e. The number of rotatable bonds is 3. The second-order valence-electron chi connectivity index (χ2n) is 7.27. The number of benzene rings is 1. The van der Waals surface area contributed by atoms with Crippen molar-refractivity contribution >= 4 is 16.9 Å². The van der Waals surface area contributed by atoms with Crippen LogP contribution in [0.15, 0.2) is 34.9 Å². The molecular weight excluding hydrogens is 326 g/mol. The standard InChI is InChI=1S/C21H23N3O2/c1-13-4-5-18-17(12-26-19(18)8-13)10-20(25)24-7-6-16(11-24)21-22-14(2)9-15(3)23-21/h4-5,8-9,12,16H,6-7,10-11H2,1-3H3. The molecule has 0 bridgehead atoms. The number of carbonyl (C=O) groups is 1. The van der Waals surface area contributed by atoms with Gasteiger partial charge >= 0.3 is 0 Å². The molecule has 3 heterocycles. The summed E-state index contributed by atoms with van der Waals surface area (Å²) in [6, 6.07) is 8.07. The molecule has 1 saturated heterocycles. The van der Waals surface area contributed by atoms with Gasteiger partial charge in [0, 0.05) is 41.3 Å². The Morgan fingerprint density at radius 2 is 1.96 bits per heavy atom. The summed E-state index contributed by atoms with van der Waals surface area (Å²) in [7, 11) is 0. The number of carbonyl (C=O) groups excluding carboxylic acids is 1. The van der Waals surface area contributed by atoms with Crippen LogP contribution in [0.1, 0.15) is 40.7 Å². The van der Waals surface area contributed by atoms with Crippen LogP contribution in [0.4, 0.5) is 0 Å². The molecule has 1 aliphatic rings. The molecule has 26 heavy (non-hydrogen) atoms. The predicted molar refractivity (Wildman–Crippen MR) is 100 cm³/mol. The summed E-state index contributed by atoms with van der Waals surface area (Å²) in [5.41, 5.74) is 4.92. The van der Waals surface area contributed by atoms with E-state index >= 15 is 0 Å². The Hall–Kier alpha value is -2.69. The summed E-state index contributed by atoms with van der Waals surface area (Å²) in [5, 5.41) is 1.03. The zero-order chi connectivity index (χ0) is 18.3. The molecule has 1 fully saturated rings. The van der Waals surface area contributed by atoms with Gasteiger partial charge in [-0.2, -0.15) is 0 Å². The number of amides is 1. The maximum atomic E-state index is 12.8. The van der Waals surface area contributed by atoms with Crippen LogP contribution in [0.25, 0.3) is 11.0 Å². The SMILES string of the molecule is Cc1ccc2c(CC(=O)N3CCC(c4nc(C)cc(C)n4)C3)coc2c1. The van der Waals surface area contributed by atoms with E-state index in [9.17, 15) is 4.79 Å². The van der Waals surface area contributed by atoms with Gasteiger partial charge < -0.3 is 9.32 Å². The Balaban J connectivity index is 1.47. The van der Waals surface area contributed by atoms with E-state index in [-0.39, 0.29) is 11.8 Å². The van der Waals surface area contributed by atoms with Gasteiger partial charge in [0.15, 0.2) is 0 Å². The van der Waals surface area contributed by atoms with Crippen molar-refractivity contribution in [2.24, 2.45) is 0 Å². The Morgan fingerprint density at radius 3 is 2.73 bits per heavy atom. The van der Waals surface area contributed by atoms with Crippen molar-refractivity contribution in [3.05, 3.63) is 58.9 Å². The van der Waals surface area contributed by atoms with Gasteiger partial charge in [-0.05, 0) is 44.9 Å². The second-order valence-corrected chi connectivity index (χ2v) is 7.27. The van der Waals surface area contributed by atoms with Gasteiger partial charge in [-0.3, -0.25) is 4.79 Å². The Morgan fingerprint density at radius 1 is 1.19 bits per heavy atom. The van der Waals surface area contributed by atoms with Crippen LogP contribution in [0.5, 0.6) is 0 Å². The van der Waals surface area contributed by atoms with Crippen LogP contribution in [0.2, 0.25) is 0 Å². The zero-order valence-electron chi connectivity index (χ0n) is 15.5. The summed E-state index contributed by atoms with van der Waals surface area (Å²) < 4.78 is 5.62. The fraction of sp³-hybridized carbons (Fsp3) is 0.381. The van der Waals surface area contributed by atoms with Crippen molar-refractivity contribution < 1.29 is 9.21 Å². The zero-order valence-corrected chi connectivity index (χ0v) is 15.5. The Kier molecular flexibility index (Phi) is 4.23. The van der Waals surface area contributed by atoms with E-state index < -0.39 is 0 Å². The number of aromatic nitrogens is 2. The minimum absolute atomic E-state index is 0.139. The molecule has 1 aromatic carbocycles. The summed E-state index contributed by atoms with van der Waals surface area (Å²) in [6.07, 6.45) is 3.00. The first-order valence-electron chi connectivity index (χ1n) is 9.06. The third kappa shape index (κ3) is 3.21. The molecule has 3 aromatic rings. The first-order valence-corrected chi connectivity index (χ1v) is 9.06. The molecule has 5 heteroatoms. The topological polar surface area (TPSA) is 59.2 Å². The number of aryl methyl sites for hydroxylation is 3. The maximum absolute atomic E-state index is 12.8. The monoisotopic (exact) mass is 349 g/mol. The third-order valence-corrected chi connectivity index (χ3v) is 5.06. The molecule has 5 nitrogen and oxygen atoms in total. The number of fused-ring (bicyclic) bond motifs is 1. The van der Waals surface area contributed by atoms with Crippen molar-refractivity contribution in [3.63, 3.8) is 0 Å². The second kappa shape index (κ2) is 6.56. The number of likely N-dealkylation sites (tertiary alicyclic amines) is 1. The molecule has 1 amide bonds. The summed E-state index contributed by atoms with van der Waals surface area (Å²) in [4.78, 5) is 23.8. The fourth-order valence-electron chi connectivity index (χ4n) is 3.74. The van der Waals surface area contributed by atoms with E-state index in [2.05, 4.69) is 16.0 Å². The molecular formula is C21H23N3O2. The summed E-state index contributed by atoms with van der Waals surface area (Å²) >= 11 is 0. The Bertz CT molecular complexity index is 956. The minimum Gasteiger partial charge on any atom is -0.464 e. The van der Waals surface area contributed by atoms with Gasteiger partial charge in [0.1, 0.15) is 11.4 Å². The van der Waals surface area contributed by atoms with E-state index in [0.29, 0.717) is 13.0 Å². The molecule has 2 aromatic heterocycles. The van der Waals surface area contributed by atoms with Crippen LogP contribution in [0.3, 0.4) is 0 Å². The molecule has 1 aliphatic heterocycles. The van der Waals surface area contributed by atoms with E-state index in [1.807, 2.05) is 43.9 Å². The first-order chi connectivity index (χ1) is 12.5. The quantitative estimate of drug-likeness (QED) is 0.723. The van der Waals surface area contributed by atoms with Crippen LogP contribution in [-0.4, -0.2) is 33.9 Å². The lowest BCUT2D eigenvalue weighted by molar-refractivity contribution is -0.129. The highest BCUT2D eigenvalue weighted by Gasteiger charge is 2.29. The van der Waals surface area contributed by atoms with Gasteiger partial charge in [0.2, 0.25) is 5.91 Å². The lowest BCUT2D eigenvalue weighted by atomic mass is 10.1. The van der Waals surface area contributed by atoms with E-state index in [4.69, 9.17) is 4.42 Å². The highest BCUT2D eigenvalue weighted by molar-refractivity contribution is 5.88. The molecule has 1 unspecified atom stereocenters. The van der Waals surface area contributed by atoms with E-state index in [1.165, 1.54) is 0 Å². The average Bonchev–Trinajstić information content (AvgIpc) is 3.21. The highest BCUT2D eigenvalue weighted by Crippen LogP contribution is 2.27. The molecule has 134 valence electrons. The van der Waals surface area contributed by atoms with Gasteiger partial charge in [-0.1, -0.05) is 12.1 Å². The van der Waals surface area contributed by atoms with Crippen LogP contribution >= 0.6 is 0 Å². The smallest absolute Gasteiger partial charge is 0.227 e. The highest BCUT2D eigenvalue weighted by atomic mass is 16.3. The van der Waals surface area contributed by atoms with Crippen LogP contribution < -0.4 is 0 Å². The van der Waals surface area contributed by atoms with Crippen molar-refractivity contribution in [3.8, 4) is 0 Å². The summed E-state index contributed by atoms with van der Waals surface area (Å²) in [6.45, 7) is 7.46. The molecule has 0 radical (unpaired) electrons. The van der Waals surface area contributed by atoms with Crippen LogP contribution in [-0.2, 0) is 11.2 Å². The number of hydrogen-bond donors (Lipinski definition) is 0. The van der Waals surface area contributed by atoms with Crippen molar-refractivity contribution in [2.75, 3.05) is 13.1 Å². The number of furan rings is 1. The molecule has 0 aliphatic carbocycles. The largest absolute Gasteiger partial charge is 0.464 e. The van der Waals surface area contributed by atoms with Crippen molar-refractivity contribution in [2.45, 2.75) is 39.5 Å². The van der Waals surface area contributed by atoms with Crippen LogP contribution in [0, 0.1) is 20.8 Å². The minimum atomic E-state index is 0.139. The predicted octanol–water partition coefficient (Wildman–Crippen LogP) is 3.71. The molecule has 0 spiro atoms. The lowest BCUT2D eigenvalue weighted by Crippen LogP contribution is -2.30. The third-order valence-electron chi connectivity index (χ3n) is 5.06. The fourth-order valence-corrected chi connectivity index (χ4v) is 3.74. The van der Waals surface area contributed by atoms with Gasteiger partial charge in [0.05, 0.1) is 12.7 Å². The first kappa shape index (κ1) is 16.8. The van der Waals surface area contributed by atoms with Gasteiger partial charge in [-0.15, -0.1) is 0 Å². The normalized spacial score (nSPS) is 17.2. The number of hydrogen-bond acceptors (Lipinski definition) is 4. The van der Waals surface area contributed by atoms with Crippen molar-refractivity contribution in [1.82, 2.24) is 14.9 Å². The lowest BCUT2D eigenvalue weighted by Gasteiger charge is -2.16. The number of nitrogens with zero attached hydrogens (tertiary/aromatic N) is 3. The molecule has 0 N–H and O–H groups in total. The molecule has 4 rings (SSSR count). The van der Waals surface area contributed by atoms with Gasteiger partial charge in [-0.25, -0.2) is 9.97 Å². The average molecular weight is 349 g/mol. The van der Waals surface area contributed by atoms with E-state index in [1.54, 1.807) is 6.26 Å². The summed E-state index contributed by atoms with van der Waals surface area (Å²) in [5.74, 6) is 1.23.